The summed E-state index contributed by atoms with van der Waals surface area (Å²) in [6.07, 6.45) is 10.9. The van der Waals surface area contributed by atoms with Gasteiger partial charge in [-0.3, -0.25) is 4.79 Å². The third-order valence-electron chi connectivity index (χ3n) is 6.35. The van der Waals surface area contributed by atoms with E-state index in [0.29, 0.717) is 17.6 Å². The molecule has 22 heavy (non-hydrogen) atoms. The molecule has 0 aromatic rings. The second kappa shape index (κ2) is 7.14. The van der Waals surface area contributed by atoms with Gasteiger partial charge in [0.1, 0.15) is 5.78 Å². The summed E-state index contributed by atoms with van der Waals surface area (Å²) in [6, 6.07) is 0. The molecule has 126 valence electrons. The highest BCUT2D eigenvalue weighted by molar-refractivity contribution is 7.09. The first-order chi connectivity index (χ1) is 10.4. The van der Waals surface area contributed by atoms with E-state index in [1.165, 1.54) is 25.7 Å². The number of fused-ring (bicyclic) bond motifs is 1. The minimum Gasteiger partial charge on any atom is -0.360 e. The summed E-state index contributed by atoms with van der Waals surface area (Å²) in [5.41, 5.74) is 0.0426. The molecule has 5 atom stereocenters. The second-order valence-electron chi connectivity index (χ2n) is 8.12. The molecule has 0 aliphatic heterocycles. The number of hydrogen-bond acceptors (Lipinski definition) is 2. The standard InChI is InChI=1S/C19H33O2P/c1-5-19-13-7-9-17(20)16(19)11-10-15(19)14(2)8-6-12-18(3,4)21-22/h5,14-16H,1,6-13,22H2,2-4H3/t14?,15-,16?,19-/m1/s1. The van der Waals surface area contributed by atoms with Gasteiger partial charge in [0.05, 0.1) is 5.60 Å². The fraction of sp³-hybridized carbons (Fsp3) is 0.842. The van der Waals surface area contributed by atoms with Crippen molar-refractivity contribution >= 4 is 15.2 Å². The Morgan fingerprint density at radius 2 is 2.23 bits per heavy atom. The number of carbonyl (C=O) groups is 1. The first-order valence-corrected chi connectivity index (χ1v) is 9.37. The van der Waals surface area contributed by atoms with Crippen LogP contribution in [0.1, 0.15) is 72.1 Å². The Labute approximate surface area is 138 Å². The highest BCUT2D eigenvalue weighted by atomic mass is 31.0. The Hall–Kier alpha value is -0.200. The maximum Gasteiger partial charge on any atom is 0.136 e. The molecule has 0 spiro atoms. The molecule has 2 rings (SSSR count). The van der Waals surface area contributed by atoms with Gasteiger partial charge in [-0.05, 0) is 57.8 Å². The normalized spacial score (nSPS) is 33.5. The van der Waals surface area contributed by atoms with Gasteiger partial charge in [0.2, 0.25) is 0 Å². The average molecular weight is 324 g/mol. The summed E-state index contributed by atoms with van der Waals surface area (Å²) in [5.74, 6) is 2.06. The van der Waals surface area contributed by atoms with Crippen LogP contribution in [0.25, 0.3) is 0 Å². The number of hydrogen-bond donors (Lipinski definition) is 0. The largest absolute Gasteiger partial charge is 0.360 e. The number of ketones is 1. The first-order valence-electron chi connectivity index (χ1n) is 8.90. The molecule has 2 fully saturated rings. The van der Waals surface area contributed by atoms with Gasteiger partial charge in [-0.2, -0.15) is 0 Å². The third-order valence-corrected chi connectivity index (χ3v) is 6.99. The van der Waals surface area contributed by atoms with Crippen LogP contribution >= 0.6 is 9.47 Å². The maximum atomic E-state index is 12.3. The topological polar surface area (TPSA) is 26.3 Å². The van der Waals surface area contributed by atoms with Crippen molar-refractivity contribution in [1.29, 1.82) is 0 Å². The SMILES string of the molecule is C=C[C@]12CCCC(=O)C1CC[C@@H]2C(C)CCCC(C)(C)OP. The first kappa shape index (κ1) is 18.1. The Balaban J connectivity index is 1.99. The third kappa shape index (κ3) is 3.49. The minimum absolute atomic E-state index is 0.0560. The fourth-order valence-corrected chi connectivity index (χ4v) is 5.14. The molecular weight excluding hydrogens is 291 g/mol. The molecule has 2 aliphatic rings. The molecule has 2 aliphatic carbocycles. The summed E-state index contributed by atoms with van der Waals surface area (Å²) < 4.78 is 5.44. The average Bonchev–Trinajstić information content (AvgIpc) is 2.88. The van der Waals surface area contributed by atoms with Gasteiger partial charge in [-0.25, -0.2) is 0 Å². The Kier molecular flexibility index (Phi) is 5.89. The number of allylic oxidation sites excluding steroid dienone is 1. The van der Waals surface area contributed by atoms with Crippen LogP contribution in [0.2, 0.25) is 0 Å². The van der Waals surface area contributed by atoms with Crippen molar-refractivity contribution in [2.24, 2.45) is 23.2 Å². The van der Waals surface area contributed by atoms with Crippen LogP contribution < -0.4 is 0 Å². The zero-order valence-corrected chi connectivity index (χ0v) is 15.7. The molecule has 3 heteroatoms. The van der Waals surface area contributed by atoms with Crippen molar-refractivity contribution in [3.63, 3.8) is 0 Å². The van der Waals surface area contributed by atoms with Gasteiger partial charge in [-0.15, -0.1) is 6.58 Å². The highest BCUT2D eigenvalue weighted by Crippen LogP contribution is 2.58. The van der Waals surface area contributed by atoms with Crippen LogP contribution in [0.4, 0.5) is 0 Å². The van der Waals surface area contributed by atoms with E-state index in [2.05, 4.69) is 42.9 Å². The molecule has 2 nitrogen and oxygen atoms in total. The van der Waals surface area contributed by atoms with E-state index in [9.17, 15) is 4.79 Å². The molecular formula is C19H33O2P. The van der Waals surface area contributed by atoms with Crippen LogP contribution in [0.5, 0.6) is 0 Å². The number of Topliss-reactive ketones (excluding diaryl/α,β-unsaturated/α-hetero) is 1. The summed E-state index contributed by atoms with van der Waals surface area (Å²) in [5, 5.41) is 0. The zero-order chi connectivity index (χ0) is 16.4. The monoisotopic (exact) mass is 324 g/mol. The van der Waals surface area contributed by atoms with Gasteiger partial charge in [-0.1, -0.05) is 25.8 Å². The van der Waals surface area contributed by atoms with Crippen LogP contribution in [-0.4, -0.2) is 11.4 Å². The molecule has 0 bridgehead atoms. The van der Waals surface area contributed by atoms with Crippen molar-refractivity contribution in [2.75, 3.05) is 0 Å². The number of carbonyl (C=O) groups excluding carboxylic acids is 1. The lowest BCUT2D eigenvalue weighted by Crippen LogP contribution is -2.40. The van der Waals surface area contributed by atoms with Crippen molar-refractivity contribution < 1.29 is 9.32 Å². The van der Waals surface area contributed by atoms with Crippen LogP contribution in [-0.2, 0) is 9.32 Å². The Bertz CT molecular complexity index is 418. The lowest BCUT2D eigenvalue weighted by Gasteiger charge is -2.43. The molecule has 2 saturated carbocycles. The van der Waals surface area contributed by atoms with E-state index in [-0.39, 0.29) is 16.9 Å². The van der Waals surface area contributed by atoms with Crippen molar-refractivity contribution in [3.8, 4) is 0 Å². The maximum absolute atomic E-state index is 12.3. The van der Waals surface area contributed by atoms with Crippen molar-refractivity contribution in [3.05, 3.63) is 12.7 Å². The lowest BCUT2D eigenvalue weighted by molar-refractivity contribution is -0.128. The van der Waals surface area contributed by atoms with Crippen LogP contribution in [0, 0.1) is 23.2 Å². The summed E-state index contributed by atoms with van der Waals surface area (Å²) in [7, 11) is 2.39. The quantitative estimate of drug-likeness (QED) is 0.467. The summed E-state index contributed by atoms with van der Waals surface area (Å²) in [6.45, 7) is 10.8. The van der Waals surface area contributed by atoms with Crippen LogP contribution in [0.15, 0.2) is 12.7 Å². The molecule has 0 N–H and O–H groups in total. The Morgan fingerprint density at radius 3 is 2.86 bits per heavy atom. The van der Waals surface area contributed by atoms with Crippen molar-refractivity contribution in [2.45, 2.75) is 77.7 Å². The van der Waals surface area contributed by atoms with Gasteiger partial charge < -0.3 is 4.52 Å². The van der Waals surface area contributed by atoms with Gasteiger partial charge >= 0.3 is 0 Å². The second-order valence-corrected chi connectivity index (χ2v) is 8.36. The molecule has 3 unspecified atom stereocenters. The summed E-state index contributed by atoms with van der Waals surface area (Å²) in [4.78, 5) is 12.3. The smallest absolute Gasteiger partial charge is 0.136 e. The van der Waals surface area contributed by atoms with E-state index >= 15 is 0 Å². The zero-order valence-electron chi connectivity index (χ0n) is 14.6. The number of rotatable bonds is 7. The lowest BCUT2D eigenvalue weighted by atomic mass is 9.60. The summed E-state index contributed by atoms with van der Waals surface area (Å²) >= 11 is 0. The van der Waals surface area contributed by atoms with E-state index in [4.69, 9.17) is 4.52 Å². The fourth-order valence-electron chi connectivity index (χ4n) is 5.03. The minimum atomic E-state index is -0.0560. The van der Waals surface area contributed by atoms with E-state index in [1.807, 2.05) is 0 Å². The molecule has 0 heterocycles. The van der Waals surface area contributed by atoms with E-state index in [0.717, 1.165) is 25.7 Å². The molecule has 0 amide bonds. The van der Waals surface area contributed by atoms with Gasteiger partial charge in [0, 0.05) is 27.2 Å². The molecule has 0 saturated heterocycles. The predicted octanol–water partition coefficient (Wildman–Crippen LogP) is 5.33. The van der Waals surface area contributed by atoms with Crippen molar-refractivity contribution in [1.82, 2.24) is 0 Å². The highest BCUT2D eigenvalue weighted by Gasteiger charge is 2.53. The molecule has 0 aromatic heterocycles. The van der Waals surface area contributed by atoms with Crippen LogP contribution in [0.3, 0.4) is 0 Å². The predicted molar refractivity (Wildman–Crippen MR) is 95.6 cm³/mol. The molecule has 0 aromatic carbocycles. The Morgan fingerprint density at radius 1 is 1.50 bits per heavy atom. The van der Waals surface area contributed by atoms with E-state index in [1.54, 1.807) is 0 Å². The van der Waals surface area contributed by atoms with E-state index < -0.39 is 0 Å². The molecule has 0 radical (unpaired) electrons. The van der Waals surface area contributed by atoms with Gasteiger partial charge in [0.15, 0.2) is 0 Å². The van der Waals surface area contributed by atoms with Gasteiger partial charge in [0.25, 0.3) is 0 Å².